The van der Waals surface area contributed by atoms with Crippen LogP contribution in [0.15, 0.2) is 63.7 Å². The highest BCUT2D eigenvalue weighted by Gasteiger charge is 1.88. The van der Waals surface area contributed by atoms with Gasteiger partial charge in [0, 0.05) is 25.0 Å². The van der Waals surface area contributed by atoms with Crippen LogP contribution in [0, 0.1) is 0 Å². The van der Waals surface area contributed by atoms with E-state index in [-0.39, 0.29) is 0 Å². The second kappa shape index (κ2) is 11.3. The molecule has 0 aliphatic heterocycles. The Morgan fingerprint density at radius 2 is 1.81 bits per heavy atom. The molecule has 3 nitrogen and oxygen atoms in total. The standard InChI is InChI=1S/C13H19N3/c1-4-7-8-11-14-12-9-13(6-3)16-15-10-5-2/h4-8,10-12H,9H2,1-3H3/b7-4-,10-5-,11-8-,13-6-,14-12?,16-15+. The largest absolute Gasteiger partial charge is 0.269 e. The van der Waals surface area contributed by atoms with E-state index >= 15 is 0 Å². The summed E-state index contributed by atoms with van der Waals surface area (Å²) in [6, 6.07) is 0. The molecular formula is C13H19N3. The van der Waals surface area contributed by atoms with E-state index in [4.69, 9.17) is 0 Å². The monoisotopic (exact) mass is 217 g/mol. The van der Waals surface area contributed by atoms with Crippen molar-refractivity contribution in [2.24, 2.45) is 15.2 Å². The zero-order chi connectivity index (χ0) is 12.1. The van der Waals surface area contributed by atoms with E-state index in [1.54, 1.807) is 12.4 Å². The highest BCUT2D eigenvalue weighted by molar-refractivity contribution is 5.61. The van der Waals surface area contributed by atoms with Gasteiger partial charge in [-0.2, -0.15) is 10.2 Å². The molecule has 0 saturated carbocycles. The summed E-state index contributed by atoms with van der Waals surface area (Å²) in [7, 11) is 0. The molecule has 0 unspecified atom stereocenters. The molecule has 0 aliphatic carbocycles. The minimum absolute atomic E-state index is 0.692. The number of nitrogens with zero attached hydrogens (tertiary/aromatic N) is 3. The smallest absolute Gasteiger partial charge is 0.0641 e. The minimum Gasteiger partial charge on any atom is -0.269 e. The zero-order valence-corrected chi connectivity index (χ0v) is 10.2. The molecule has 86 valence electrons. The van der Waals surface area contributed by atoms with Gasteiger partial charge in [0.05, 0.1) is 5.70 Å². The Kier molecular flexibility index (Phi) is 10.1. The summed E-state index contributed by atoms with van der Waals surface area (Å²) in [6.45, 7) is 5.81. The average molecular weight is 217 g/mol. The Labute approximate surface area is 97.7 Å². The fourth-order valence-corrected chi connectivity index (χ4v) is 0.808. The molecule has 0 amide bonds. The van der Waals surface area contributed by atoms with Crippen molar-refractivity contribution in [3.8, 4) is 0 Å². The molecule has 0 aliphatic rings. The van der Waals surface area contributed by atoms with Gasteiger partial charge in [-0.05, 0) is 26.8 Å². The first-order valence-corrected chi connectivity index (χ1v) is 5.31. The Hall–Kier alpha value is -1.77. The van der Waals surface area contributed by atoms with Gasteiger partial charge in [0.25, 0.3) is 0 Å². The fourth-order valence-electron chi connectivity index (χ4n) is 0.808. The third kappa shape index (κ3) is 8.81. The van der Waals surface area contributed by atoms with Crippen LogP contribution in [-0.2, 0) is 0 Å². The Morgan fingerprint density at radius 3 is 2.44 bits per heavy atom. The maximum atomic E-state index is 4.11. The summed E-state index contributed by atoms with van der Waals surface area (Å²) in [5, 5.41) is 7.91. The highest BCUT2D eigenvalue weighted by atomic mass is 15.1. The van der Waals surface area contributed by atoms with E-state index in [0.717, 1.165) is 5.70 Å². The molecule has 0 atom stereocenters. The van der Waals surface area contributed by atoms with Crippen LogP contribution < -0.4 is 0 Å². The quantitative estimate of drug-likeness (QED) is 0.358. The summed E-state index contributed by atoms with van der Waals surface area (Å²) in [6.07, 6.45) is 15.4. The van der Waals surface area contributed by atoms with E-state index in [2.05, 4.69) is 15.2 Å². The van der Waals surface area contributed by atoms with Crippen LogP contribution in [0.4, 0.5) is 0 Å². The molecule has 0 rings (SSSR count). The van der Waals surface area contributed by atoms with Gasteiger partial charge in [0.1, 0.15) is 0 Å². The molecule has 3 heteroatoms. The third-order valence-corrected chi connectivity index (χ3v) is 1.62. The lowest BCUT2D eigenvalue weighted by Crippen LogP contribution is -1.78. The van der Waals surface area contributed by atoms with Gasteiger partial charge in [-0.15, -0.1) is 0 Å². The lowest BCUT2D eigenvalue weighted by Gasteiger charge is -1.91. The first-order valence-electron chi connectivity index (χ1n) is 5.31. The van der Waals surface area contributed by atoms with Gasteiger partial charge in [-0.3, -0.25) is 4.99 Å². The normalized spacial score (nSPS) is 14.6. The summed E-state index contributed by atoms with van der Waals surface area (Å²) in [5.74, 6) is 0. The number of aliphatic imine (C=N–C) groups is 1. The first-order chi connectivity index (χ1) is 7.85. The van der Waals surface area contributed by atoms with Gasteiger partial charge in [-0.1, -0.05) is 24.3 Å². The molecule has 0 spiro atoms. The van der Waals surface area contributed by atoms with Crippen molar-refractivity contribution < 1.29 is 0 Å². The lowest BCUT2D eigenvalue weighted by atomic mass is 10.3. The summed E-state index contributed by atoms with van der Waals surface area (Å²) in [5.41, 5.74) is 0.904. The Morgan fingerprint density at radius 1 is 1.00 bits per heavy atom. The first kappa shape index (κ1) is 14.2. The molecule has 16 heavy (non-hydrogen) atoms. The number of rotatable bonds is 6. The molecule has 0 N–H and O–H groups in total. The van der Waals surface area contributed by atoms with Gasteiger partial charge in [0.15, 0.2) is 0 Å². The molecule has 0 bridgehead atoms. The molecule has 0 radical (unpaired) electrons. The van der Waals surface area contributed by atoms with Gasteiger partial charge < -0.3 is 0 Å². The van der Waals surface area contributed by atoms with Crippen molar-refractivity contribution in [1.29, 1.82) is 0 Å². The van der Waals surface area contributed by atoms with Gasteiger partial charge in [-0.25, -0.2) is 0 Å². The zero-order valence-electron chi connectivity index (χ0n) is 10.2. The van der Waals surface area contributed by atoms with E-state index < -0.39 is 0 Å². The average Bonchev–Trinajstić information content (AvgIpc) is 2.31. The maximum absolute atomic E-state index is 4.11. The molecular weight excluding hydrogens is 198 g/mol. The molecule has 0 aromatic heterocycles. The van der Waals surface area contributed by atoms with Crippen molar-refractivity contribution >= 4 is 6.21 Å². The lowest BCUT2D eigenvalue weighted by molar-refractivity contribution is 1.08. The summed E-state index contributed by atoms with van der Waals surface area (Å²) >= 11 is 0. The topological polar surface area (TPSA) is 37.1 Å². The van der Waals surface area contributed by atoms with Crippen LogP contribution in [0.1, 0.15) is 27.2 Å². The van der Waals surface area contributed by atoms with Crippen LogP contribution in [-0.4, -0.2) is 6.21 Å². The van der Waals surface area contributed by atoms with Gasteiger partial charge in [0.2, 0.25) is 0 Å². The molecule has 0 aromatic carbocycles. The predicted molar refractivity (Wildman–Crippen MR) is 70.5 cm³/mol. The Bertz CT molecular complexity index is 331. The third-order valence-electron chi connectivity index (χ3n) is 1.62. The van der Waals surface area contributed by atoms with Crippen LogP contribution in [0.25, 0.3) is 0 Å². The molecule has 0 fully saturated rings. The Balaban J connectivity index is 4.06. The van der Waals surface area contributed by atoms with Crippen LogP contribution in [0.5, 0.6) is 0 Å². The van der Waals surface area contributed by atoms with Crippen molar-refractivity contribution in [2.75, 3.05) is 0 Å². The van der Waals surface area contributed by atoms with E-state index in [9.17, 15) is 0 Å². The van der Waals surface area contributed by atoms with E-state index in [1.165, 1.54) is 0 Å². The van der Waals surface area contributed by atoms with Crippen molar-refractivity contribution in [3.63, 3.8) is 0 Å². The number of azo groups is 1. The molecule has 0 heterocycles. The predicted octanol–water partition coefficient (Wildman–Crippen LogP) is 4.43. The molecule has 0 aromatic rings. The number of hydrogen-bond acceptors (Lipinski definition) is 3. The second-order valence-electron chi connectivity index (χ2n) is 2.88. The van der Waals surface area contributed by atoms with Crippen molar-refractivity contribution in [1.82, 2.24) is 0 Å². The summed E-state index contributed by atoms with van der Waals surface area (Å²) < 4.78 is 0. The molecule has 0 saturated heterocycles. The highest BCUT2D eigenvalue weighted by Crippen LogP contribution is 2.02. The van der Waals surface area contributed by atoms with Gasteiger partial charge >= 0.3 is 0 Å². The van der Waals surface area contributed by atoms with Crippen LogP contribution in [0.3, 0.4) is 0 Å². The van der Waals surface area contributed by atoms with E-state index in [1.807, 2.05) is 57.4 Å². The SMILES string of the molecule is C/C=C\C=C/N=CCC(=C/C)/N=N/C=C\C. The van der Waals surface area contributed by atoms with Crippen LogP contribution in [0.2, 0.25) is 0 Å². The summed E-state index contributed by atoms with van der Waals surface area (Å²) in [4.78, 5) is 4.11. The fraction of sp³-hybridized carbons (Fsp3) is 0.308. The maximum Gasteiger partial charge on any atom is 0.0641 e. The van der Waals surface area contributed by atoms with E-state index in [0.29, 0.717) is 6.42 Å². The van der Waals surface area contributed by atoms with Crippen molar-refractivity contribution in [3.05, 3.63) is 48.5 Å². The second-order valence-corrected chi connectivity index (χ2v) is 2.88. The minimum atomic E-state index is 0.692. The number of allylic oxidation sites excluding steroid dienone is 6. The van der Waals surface area contributed by atoms with Crippen LogP contribution >= 0.6 is 0 Å². The number of hydrogen-bond donors (Lipinski definition) is 0. The van der Waals surface area contributed by atoms with Crippen molar-refractivity contribution in [2.45, 2.75) is 27.2 Å².